The molecular weight excluding hydrogens is 234 g/mol. The molecule has 1 rings (SSSR count). The van der Waals surface area contributed by atoms with Crippen molar-refractivity contribution >= 4 is 0 Å². The Kier molecular flexibility index (Phi) is 6.05. The van der Waals surface area contributed by atoms with Gasteiger partial charge in [-0.15, -0.1) is 0 Å². The van der Waals surface area contributed by atoms with Crippen molar-refractivity contribution in [2.24, 2.45) is 11.8 Å². The van der Waals surface area contributed by atoms with Crippen molar-refractivity contribution in [1.29, 1.82) is 0 Å². The molecule has 1 aromatic heterocycles. The van der Waals surface area contributed by atoms with E-state index in [2.05, 4.69) is 58.5 Å². The Morgan fingerprint density at radius 1 is 1.11 bits per heavy atom. The summed E-state index contributed by atoms with van der Waals surface area (Å²) in [6.07, 6.45) is 1.07. The Hall–Kier alpha value is -0.830. The second-order valence-corrected chi connectivity index (χ2v) is 6.22. The van der Waals surface area contributed by atoms with E-state index in [0.717, 1.165) is 19.5 Å². The molecule has 0 fully saturated rings. The van der Waals surface area contributed by atoms with Crippen LogP contribution in [0.4, 0.5) is 0 Å². The Bertz CT molecular complexity index is 393. The normalized spacial score (nSPS) is 14.9. The average molecular weight is 265 g/mol. The van der Waals surface area contributed by atoms with E-state index in [1.54, 1.807) is 0 Å². The quantitative estimate of drug-likeness (QED) is 0.817. The largest absolute Gasteiger partial charge is 0.316 e. The van der Waals surface area contributed by atoms with Crippen LogP contribution in [0.2, 0.25) is 0 Å². The molecule has 3 nitrogen and oxygen atoms in total. The standard InChI is InChI=1S/C16H31N3/c1-8-16-13(5)18-19(15(16)7)14(6)12(4)10-17-9-11(2)3/h11-12,14,17H,8-10H2,1-7H3. The van der Waals surface area contributed by atoms with Gasteiger partial charge in [0.05, 0.1) is 11.7 Å². The maximum atomic E-state index is 4.73. The highest BCUT2D eigenvalue weighted by atomic mass is 15.3. The molecule has 3 heteroatoms. The molecule has 0 spiro atoms. The highest BCUT2D eigenvalue weighted by Crippen LogP contribution is 2.22. The number of hydrogen-bond donors (Lipinski definition) is 1. The van der Waals surface area contributed by atoms with Crippen LogP contribution in [0.25, 0.3) is 0 Å². The smallest absolute Gasteiger partial charge is 0.0628 e. The molecule has 0 aliphatic carbocycles. The van der Waals surface area contributed by atoms with Gasteiger partial charge in [0.1, 0.15) is 0 Å². The molecule has 110 valence electrons. The molecule has 2 unspecified atom stereocenters. The van der Waals surface area contributed by atoms with Gasteiger partial charge < -0.3 is 5.32 Å². The van der Waals surface area contributed by atoms with Crippen LogP contribution in [0.3, 0.4) is 0 Å². The minimum absolute atomic E-state index is 0.443. The molecule has 1 heterocycles. The van der Waals surface area contributed by atoms with E-state index in [1.165, 1.54) is 17.0 Å². The highest BCUT2D eigenvalue weighted by Gasteiger charge is 2.19. The van der Waals surface area contributed by atoms with E-state index in [-0.39, 0.29) is 0 Å². The minimum Gasteiger partial charge on any atom is -0.316 e. The van der Waals surface area contributed by atoms with Crippen molar-refractivity contribution in [3.05, 3.63) is 17.0 Å². The van der Waals surface area contributed by atoms with Crippen LogP contribution in [-0.4, -0.2) is 22.9 Å². The van der Waals surface area contributed by atoms with Crippen molar-refractivity contribution in [3.8, 4) is 0 Å². The Morgan fingerprint density at radius 2 is 1.74 bits per heavy atom. The lowest BCUT2D eigenvalue weighted by molar-refractivity contribution is 0.326. The molecule has 0 amide bonds. The van der Waals surface area contributed by atoms with Crippen molar-refractivity contribution in [3.63, 3.8) is 0 Å². The third-order valence-corrected chi connectivity index (χ3v) is 4.06. The summed E-state index contributed by atoms with van der Waals surface area (Å²) >= 11 is 0. The zero-order chi connectivity index (χ0) is 14.6. The lowest BCUT2D eigenvalue weighted by Crippen LogP contribution is -2.30. The van der Waals surface area contributed by atoms with Gasteiger partial charge in [-0.3, -0.25) is 4.68 Å². The molecule has 0 saturated carbocycles. The fraction of sp³-hybridized carbons (Fsp3) is 0.812. The van der Waals surface area contributed by atoms with Crippen LogP contribution in [-0.2, 0) is 6.42 Å². The summed E-state index contributed by atoms with van der Waals surface area (Å²) in [5.74, 6) is 1.30. The van der Waals surface area contributed by atoms with E-state index in [4.69, 9.17) is 5.10 Å². The van der Waals surface area contributed by atoms with Gasteiger partial charge in [-0.1, -0.05) is 27.7 Å². The lowest BCUT2D eigenvalue weighted by atomic mass is 10.0. The summed E-state index contributed by atoms with van der Waals surface area (Å²) in [6, 6.07) is 0.443. The van der Waals surface area contributed by atoms with Gasteiger partial charge in [-0.25, -0.2) is 0 Å². The summed E-state index contributed by atoms with van der Waals surface area (Å²) < 4.78 is 2.22. The summed E-state index contributed by atoms with van der Waals surface area (Å²) in [5.41, 5.74) is 3.94. The molecule has 0 saturated heterocycles. The van der Waals surface area contributed by atoms with Gasteiger partial charge in [0, 0.05) is 5.69 Å². The van der Waals surface area contributed by atoms with Crippen molar-refractivity contribution in [2.75, 3.05) is 13.1 Å². The zero-order valence-electron chi connectivity index (χ0n) is 13.7. The second-order valence-electron chi connectivity index (χ2n) is 6.22. The second kappa shape index (κ2) is 7.09. The maximum absolute atomic E-state index is 4.73. The van der Waals surface area contributed by atoms with E-state index in [9.17, 15) is 0 Å². The predicted octanol–water partition coefficient (Wildman–Crippen LogP) is 3.51. The fourth-order valence-corrected chi connectivity index (χ4v) is 2.62. The predicted molar refractivity (Wildman–Crippen MR) is 82.7 cm³/mol. The van der Waals surface area contributed by atoms with Crippen molar-refractivity contribution in [2.45, 2.75) is 60.9 Å². The molecule has 0 radical (unpaired) electrons. The van der Waals surface area contributed by atoms with Crippen LogP contribution in [0.5, 0.6) is 0 Å². The summed E-state index contributed by atoms with van der Waals surface area (Å²) in [6.45, 7) is 17.7. The van der Waals surface area contributed by atoms with Crippen molar-refractivity contribution in [1.82, 2.24) is 15.1 Å². The van der Waals surface area contributed by atoms with Gasteiger partial charge in [-0.05, 0) is 57.7 Å². The maximum Gasteiger partial charge on any atom is 0.0628 e. The first-order chi connectivity index (χ1) is 8.88. The molecule has 19 heavy (non-hydrogen) atoms. The monoisotopic (exact) mass is 265 g/mol. The molecule has 0 aromatic carbocycles. The number of hydrogen-bond acceptors (Lipinski definition) is 2. The summed E-state index contributed by atoms with van der Waals surface area (Å²) in [4.78, 5) is 0. The Labute approximate surface area is 118 Å². The molecular formula is C16H31N3. The molecule has 1 aromatic rings. The molecule has 2 atom stereocenters. The van der Waals surface area contributed by atoms with Crippen LogP contribution >= 0.6 is 0 Å². The van der Waals surface area contributed by atoms with E-state index in [1.807, 2.05) is 0 Å². The molecule has 0 aliphatic heterocycles. The first-order valence-electron chi connectivity index (χ1n) is 7.63. The van der Waals surface area contributed by atoms with Gasteiger partial charge in [0.25, 0.3) is 0 Å². The number of nitrogens with zero attached hydrogens (tertiary/aromatic N) is 2. The number of nitrogens with one attached hydrogen (secondary N) is 1. The Balaban J connectivity index is 2.69. The van der Waals surface area contributed by atoms with E-state index in [0.29, 0.717) is 17.9 Å². The van der Waals surface area contributed by atoms with Crippen LogP contribution in [0.1, 0.15) is 57.6 Å². The highest BCUT2D eigenvalue weighted by molar-refractivity contribution is 5.24. The van der Waals surface area contributed by atoms with Gasteiger partial charge in [0.15, 0.2) is 0 Å². The third kappa shape index (κ3) is 4.07. The third-order valence-electron chi connectivity index (χ3n) is 4.06. The number of aryl methyl sites for hydroxylation is 1. The van der Waals surface area contributed by atoms with E-state index >= 15 is 0 Å². The van der Waals surface area contributed by atoms with Gasteiger partial charge >= 0.3 is 0 Å². The minimum atomic E-state index is 0.443. The molecule has 0 aliphatic rings. The van der Waals surface area contributed by atoms with Crippen LogP contribution < -0.4 is 5.32 Å². The zero-order valence-corrected chi connectivity index (χ0v) is 13.7. The Morgan fingerprint density at radius 3 is 2.21 bits per heavy atom. The van der Waals surface area contributed by atoms with Gasteiger partial charge in [0.2, 0.25) is 0 Å². The van der Waals surface area contributed by atoms with E-state index < -0.39 is 0 Å². The first kappa shape index (κ1) is 16.2. The number of rotatable bonds is 7. The summed E-state index contributed by atoms with van der Waals surface area (Å²) in [7, 11) is 0. The van der Waals surface area contributed by atoms with Crippen LogP contribution in [0.15, 0.2) is 0 Å². The average Bonchev–Trinajstić information content (AvgIpc) is 2.62. The van der Waals surface area contributed by atoms with Crippen LogP contribution in [0, 0.1) is 25.7 Å². The first-order valence-corrected chi connectivity index (χ1v) is 7.63. The molecule has 1 N–H and O–H groups in total. The summed E-state index contributed by atoms with van der Waals surface area (Å²) in [5, 5.41) is 8.28. The topological polar surface area (TPSA) is 29.9 Å². The number of aromatic nitrogens is 2. The van der Waals surface area contributed by atoms with Crippen molar-refractivity contribution < 1.29 is 0 Å². The molecule has 0 bridgehead atoms. The lowest BCUT2D eigenvalue weighted by Gasteiger charge is -2.23. The SMILES string of the molecule is CCc1c(C)nn(C(C)C(C)CNCC(C)C)c1C. The van der Waals surface area contributed by atoms with Gasteiger partial charge in [-0.2, -0.15) is 5.10 Å². The fourth-order valence-electron chi connectivity index (χ4n) is 2.62.